The highest BCUT2D eigenvalue weighted by molar-refractivity contribution is 6.17. The number of rotatable bonds is 15. The number of methoxy groups -OCH3 is 1. The molecule has 0 aliphatic carbocycles. The van der Waals surface area contributed by atoms with E-state index >= 15 is 0 Å². The van der Waals surface area contributed by atoms with Crippen molar-refractivity contribution in [2.24, 2.45) is 0 Å². The second-order valence-electron chi connectivity index (χ2n) is 7.19. The number of fused-ring (bicyclic) bond motifs is 1. The molecule has 0 N–H and O–H groups in total. The normalized spacial score (nSPS) is 11.0. The Labute approximate surface area is 175 Å². The van der Waals surface area contributed by atoms with Crippen LogP contribution < -0.4 is 14.2 Å². The van der Waals surface area contributed by atoms with E-state index in [1.165, 1.54) is 25.7 Å². The summed E-state index contributed by atoms with van der Waals surface area (Å²) in [6, 6.07) is 10.2. The summed E-state index contributed by atoms with van der Waals surface area (Å²) in [5, 5.41) is 2.16. The Kier molecular flexibility index (Phi) is 11.0. The van der Waals surface area contributed by atoms with Gasteiger partial charge in [-0.2, -0.15) is 0 Å². The Hall–Kier alpha value is -1.61. The highest BCUT2D eigenvalue weighted by atomic mass is 35.5. The monoisotopic (exact) mass is 406 g/mol. The summed E-state index contributed by atoms with van der Waals surface area (Å²) in [5.41, 5.74) is 0. The summed E-state index contributed by atoms with van der Waals surface area (Å²) >= 11 is 5.71. The van der Waals surface area contributed by atoms with Crippen molar-refractivity contribution in [3.05, 3.63) is 30.3 Å². The van der Waals surface area contributed by atoms with Gasteiger partial charge in [0.1, 0.15) is 5.75 Å². The minimum atomic E-state index is 0.698. The summed E-state index contributed by atoms with van der Waals surface area (Å²) in [6.07, 6.45) is 10.6. The average Bonchev–Trinajstić information content (AvgIpc) is 2.72. The van der Waals surface area contributed by atoms with Gasteiger partial charge in [0.05, 0.1) is 20.3 Å². The summed E-state index contributed by atoms with van der Waals surface area (Å²) in [7, 11) is 1.70. The van der Waals surface area contributed by atoms with Crippen LogP contribution in [0.4, 0.5) is 0 Å². The molecule has 0 aliphatic rings. The fourth-order valence-corrected chi connectivity index (χ4v) is 3.49. The maximum Gasteiger partial charge on any atom is 0.168 e. The van der Waals surface area contributed by atoms with E-state index in [1.54, 1.807) is 7.11 Å². The third-order valence-electron chi connectivity index (χ3n) is 4.91. The Balaban J connectivity index is 1.91. The zero-order valence-electron chi connectivity index (χ0n) is 17.5. The number of halogens is 1. The molecule has 0 heterocycles. The van der Waals surface area contributed by atoms with Crippen molar-refractivity contribution >= 4 is 22.4 Å². The van der Waals surface area contributed by atoms with Gasteiger partial charge in [0, 0.05) is 11.3 Å². The first kappa shape index (κ1) is 22.7. The Morgan fingerprint density at radius 1 is 0.786 bits per heavy atom. The van der Waals surface area contributed by atoms with E-state index in [-0.39, 0.29) is 0 Å². The van der Waals surface area contributed by atoms with Gasteiger partial charge in [-0.15, -0.1) is 11.6 Å². The van der Waals surface area contributed by atoms with Gasteiger partial charge in [-0.3, -0.25) is 0 Å². The SMILES string of the molecule is CCCCCCCOc1ccc2c(OC)c(OCCCCCCCl)ccc2c1. The van der Waals surface area contributed by atoms with Crippen LogP contribution in [0.5, 0.6) is 17.2 Å². The summed E-state index contributed by atoms with van der Waals surface area (Å²) in [5.74, 6) is 3.25. The minimum absolute atomic E-state index is 0.698. The second-order valence-corrected chi connectivity index (χ2v) is 7.57. The van der Waals surface area contributed by atoms with Crippen molar-refractivity contribution in [2.75, 3.05) is 26.2 Å². The molecule has 0 amide bonds. The molecule has 0 bridgehead atoms. The van der Waals surface area contributed by atoms with Crippen LogP contribution in [0.15, 0.2) is 30.3 Å². The molecule has 2 aromatic rings. The third kappa shape index (κ3) is 7.43. The lowest BCUT2D eigenvalue weighted by atomic mass is 10.1. The lowest BCUT2D eigenvalue weighted by Gasteiger charge is -2.14. The van der Waals surface area contributed by atoms with Crippen LogP contribution in [0, 0.1) is 0 Å². The molecule has 2 rings (SSSR count). The highest BCUT2D eigenvalue weighted by Crippen LogP contribution is 2.37. The molecule has 3 nitrogen and oxygen atoms in total. The molecule has 2 aromatic carbocycles. The van der Waals surface area contributed by atoms with Gasteiger partial charge in [0.25, 0.3) is 0 Å². The third-order valence-corrected chi connectivity index (χ3v) is 5.18. The van der Waals surface area contributed by atoms with Gasteiger partial charge in [0.15, 0.2) is 11.5 Å². The summed E-state index contributed by atoms with van der Waals surface area (Å²) in [6.45, 7) is 3.71. The molecule has 0 saturated heterocycles. The fraction of sp³-hybridized carbons (Fsp3) is 0.583. The second kappa shape index (κ2) is 13.5. The van der Waals surface area contributed by atoms with Crippen molar-refractivity contribution in [2.45, 2.75) is 64.7 Å². The molecule has 4 heteroatoms. The number of alkyl halides is 1. The molecule has 0 aliphatic heterocycles. The number of benzene rings is 2. The zero-order chi connectivity index (χ0) is 20.0. The maximum atomic E-state index is 5.97. The molecule has 156 valence electrons. The van der Waals surface area contributed by atoms with Crippen molar-refractivity contribution in [3.8, 4) is 17.2 Å². The lowest BCUT2D eigenvalue weighted by Crippen LogP contribution is -2.00. The molecule has 0 radical (unpaired) electrons. The van der Waals surface area contributed by atoms with Crippen LogP contribution in [0.1, 0.15) is 64.7 Å². The quantitative estimate of drug-likeness (QED) is 0.228. The first-order valence-electron chi connectivity index (χ1n) is 10.7. The van der Waals surface area contributed by atoms with E-state index in [2.05, 4.69) is 25.1 Å². The van der Waals surface area contributed by atoms with Gasteiger partial charge >= 0.3 is 0 Å². The van der Waals surface area contributed by atoms with Crippen molar-refractivity contribution in [1.82, 2.24) is 0 Å². The predicted octanol–water partition coefficient (Wildman–Crippen LogP) is 7.38. The topological polar surface area (TPSA) is 27.7 Å². The largest absolute Gasteiger partial charge is 0.494 e. The van der Waals surface area contributed by atoms with E-state index in [1.807, 2.05) is 12.1 Å². The molecular formula is C24H35ClO3. The van der Waals surface area contributed by atoms with Gasteiger partial charge < -0.3 is 14.2 Å². The summed E-state index contributed by atoms with van der Waals surface area (Å²) < 4.78 is 17.5. The highest BCUT2D eigenvalue weighted by Gasteiger charge is 2.10. The first-order valence-corrected chi connectivity index (χ1v) is 11.3. The van der Waals surface area contributed by atoms with Crippen LogP contribution in [-0.4, -0.2) is 26.2 Å². The Bertz CT molecular complexity index is 687. The standard InChI is InChI=1S/C24H35ClO3/c1-3-4-5-7-10-17-27-21-13-14-22-20(19-21)12-15-23(24(22)26-2)28-18-11-8-6-9-16-25/h12-15,19H,3-11,16-18H2,1-2H3. The first-order chi connectivity index (χ1) is 13.8. The molecule has 0 atom stereocenters. The van der Waals surface area contributed by atoms with Crippen molar-refractivity contribution < 1.29 is 14.2 Å². The zero-order valence-corrected chi connectivity index (χ0v) is 18.2. The molecule has 0 fully saturated rings. The number of ether oxygens (including phenoxy) is 3. The van der Waals surface area contributed by atoms with E-state index in [4.69, 9.17) is 25.8 Å². The Morgan fingerprint density at radius 2 is 1.50 bits per heavy atom. The van der Waals surface area contributed by atoms with E-state index in [0.29, 0.717) is 6.61 Å². The molecule has 0 spiro atoms. The van der Waals surface area contributed by atoms with Crippen LogP contribution in [0.25, 0.3) is 10.8 Å². The molecule has 28 heavy (non-hydrogen) atoms. The smallest absolute Gasteiger partial charge is 0.168 e. The molecule has 0 saturated carbocycles. The number of unbranched alkanes of at least 4 members (excludes halogenated alkanes) is 7. The molecular weight excluding hydrogens is 372 g/mol. The van der Waals surface area contributed by atoms with Crippen LogP contribution in [0.2, 0.25) is 0 Å². The van der Waals surface area contributed by atoms with Gasteiger partial charge in [-0.25, -0.2) is 0 Å². The van der Waals surface area contributed by atoms with E-state index < -0.39 is 0 Å². The van der Waals surface area contributed by atoms with E-state index in [0.717, 1.165) is 72.6 Å². The average molecular weight is 407 g/mol. The van der Waals surface area contributed by atoms with Crippen LogP contribution in [-0.2, 0) is 0 Å². The lowest BCUT2D eigenvalue weighted by molar-refractivity contribution is 0.286. The predicted molar refractivity (Wildman–Crippen MR) is 119 cm³/mol. The molecule has 0 aromatic heterocycles. The number of hydrogen-bond acceptors (Lipinski definition) is 3. The van der Waals surface area contributed by atoms with Gasteiger partial charge in [-0.05, 0) is 48.9 Å². The Morgan fingerprint density at radius 3 is 2.21 bits per heavy atom. The van der Waals surface area contributed by atoms with Crippen molar-refractivity contribution in [3.63, 3.8) is 0 Å². The van der Waals surface area contributed by atoms with Gasteiger partial charge in [0.2, 0.25) is 0 Å². The van der Waals surface area contributed by atoms with Crippen LogP contribution >= 0.6 is 11.6 Å². The number of hydrogen-bond donors (Lipinski definition) is 0. The van der Waals surface area contributed by atoms with Crippen LogP contribution in [0.3, 0.4) is 0 Å². The van der Waals surface area contributed by atoms with Gasteiger partial charge in [-0.1, -0.05) is 51.5 Å². The maximum absolute atomic E-state index is 5.97. The molecule has 0 unspecified atom stereocenters. The summed E-state index contributed by atoms with van der Waals surface area (Å²) in [4.78, 5) is 0. The minimum Gasteiger partial charge on any atom is -0.494 e. The van der Waals surface area contributed by atoms with E-state index in [9.17, 15) is 0 Å². The fourth-order valence-electron chi connectivity index (χ4n) is 3.30. The van der Waals surface area contributed by atoms with Crippen molar-refractivity contribution in [1.29, 1.82) is 0 Å².